The number of nitrogens with zero attached hydrogens (tertiary/aromatic N) is 2. The third-order valence-corrected chi connectivity index (χ3v) is 5.78. The number of nitrogens with one attached hydrogen (secondary N) is 2. The minimum absolute atomic E-state index is 0.0459. The Morgan fingerprint density at radius 3 is 2.65 bits per heavy atom. The maximum Gasteiger partial charge on any atom is 0.387 e. The van der Waals surface area contributed by atoms with E-state index in [1.165, 1.54) is 12.1 Å². The lowest BCUT2D eigenvalue weighted by molar-refractivity contribution is -0.125. The number of halogens is 3. The summed E-state index contributed by atoms with van der Waals surface area (Å²) < 4.78 is 30.6. The topological polar surface area (TPSA) is 85.2 Å². The van der Waals surface area contributed by atoms with Crippen LogP contribution in [0.4, 0.5) is 20.3 Å². The molecule has 0 aliphatic carbocycles. The molecule has 1 aromatic heterocycles. The second kappa shape index (κ2) is 7.05. The molecule has 158 valence electrons. The van der Waals surface area contributed by atoms with Crippen molar-refractivity contribution < 1.29 is 23.1 Å². The lowest BCUT2D eigenvalue weighted by Gasteiger charge is -2.31. The zero-order valence-corrected chi connectivity index (χ0v) is 16.6. The van der Waals surface area contributed by atoms with Gasteiger partial charge in [-0.25, -0.2) is 4.68 Å². The van der Waals surface area contributed by atoms with Crippen LogP contribution in [0.15, 0.2) is 48.7 Å². The van der Waals surface area contributed by atoms with E-state index in [0.717, 1.165) is 5.56 Å². The van der Waals surface area contributed by atoms with Crippen LogP contribution in [0.3, 0.4) is 0 Å². The van der Waals surface area contributed by atoms with Gasteiger partial charge >= 0.3 is 6.61 Å². The van der Waals surface area contributed by atoms with Crippen molar-refractivity contribution in [1.82, 2.24) is 9.78 Å². The Bertz CT molecular complexity index is 1210. The van der Waals surface area contributed by atoms with Gasteiger partial charge in [0.1, 0.15) is 17.0 Å². The molecule has 1 spiro atoms. The van der Waals surface area contributed by atoms with Gasteiger partial charge in [-0.1, -0.05) is 23.7 Å². The summed E-state index contributed by atoms with van der Waals surface area (Å²) in [5, 5.41) is 10.5. The summed E-state index contributed by atoms with van der Waals surface area (Å²) >= 11 is 6.18. The summed E-state index contributed by atoms with van der Waals surface area (Å²) in [6, 6.07) is 11.2. The fourth-order valence-electron chi connectivity index (χ4n) is 4.18. The van der Waals surface area contributed by atoms with Crippen LogP contribution in [0.5, 0.6) is 5.75 Å². The van der Waals surface area contributed by atoms with Crippen molar-refractivity contribution in [2.75, 3.05) is 10.6 Å². The van der Waals surface area contributed by atoms with Gasteiger partial charge in [0.05, 0.1) is 12.7 Å². The molecule has 1 atom stereocenters. The predicted octanol–water partition coefficient (Wildman–Crippen LogP) is 3.77. The monoisotopic (exact) mass is 444 g/mol. The van der Waals surface area contributed by atoms with Crippen molar-refractivity contribution >= 4 is 34.9 Å². The van der Waals surface area contributed by atoms with Crippen molar-refractivity contribution in [3.8, 4) is 5.75 Å². The third-order valence-electron chi connectivity index (χ3n) is 5.54. The Hall–Kier alpha value is -3.46. The van der Waals surface area contributed by atoms with E-state index >= 15 is 0 Å². The molecule has 5 rings (SSSR count). The number of carbonyl (C=O) groups excluding carboxylic acids is 2. The molecular weight excluding hydrogens is 430 g/mol. The van der Waals surface area contributed by atoms with Crippen molar-refractivity contribution in [2.24, 2.45) is 0 Å². The molecule has 2 N–H and O–H groups in total. The molecule has 2 aliphatic heterocycles. The molecule has 2 aliphatic rings. The molecular formula is C21H15ClF2N4O3. The molecule has 0 saturated carbocycles. The number of alkyl halides is 2. The van der Waals surface area contributed by atoms with Crippen LogP contribution >= 0.6 is 11.6 Å². The molecule has 31 heavy (non-hydrogen) atoms. The van der Waals surface area contributed by atoms with Gasteiger partial charge in [-0.3, -0.25) is 9.59 Å². The number of amides is 2. The first-order valence-electron chi connectivity index (χ1n) is 9.38. The van der Waals surface area contributed by atoms with Crippen LogP contribution in [0.25, 0.3) is 0 Å². The van der Waals surface area contributed by atoms with Crippen LogP contribution in [0.2, 0.25) is 5.02 Å². The number of aromatic nitrogens is 2. The summed E-state index contributed by atoms with van der Waals surface area (Å²) in [7, 11) is 0. The molecule has 0 radical (unpaired) electrons. The van der Waals surface area contributed by atoms with Gasteiger partial charge in [-0.05, 0) is 41.5 Å². The van der Waals surface area contributed by atoms with E-state index < -0.39 is 12.0 Å². The van der Waals surface area contributed by atoms with Crippen molar-refractivity contribution in [3.63, 3.8) is 0 Å². The number of hydrogen-bond acceptors (Lipinski definition) is 4. The Morgan fingerprint density at radius 2 is 1.90 bits per heavy atom. The van der Waals surface area contributed by atoms with Gasteiger partial charge in [-0.15, -0.1) is 0 Å². The van der Waals surface area contributed by atoms with Crippen molar-refractivity contribution in [2.45, 2.75) is 25.0 Å². The minimum Gasteiger partial charge on any atom is -0.435 e. The zero-order valence-electron chi connectivity index (χ0n) is 15.9. The molecule has 0 saturated heterocycles. The fraction of sp³-hybridized carbons (Fsp3) is 0.190. The van der Waals surface area contributed by atoms with E-state index in [9.17, 15) is 18.4 Å². The number of carbonyl (C=O) groups is 2. The van der Waals surface area contributed by atoms with E-state index in [0.29, 0.717) is 27.7 Å². The molecule has 0 bridgehead atoms. The highest BCUT2D eigenvalue weighted by molar-refractivity contribution is 6.31. The average molecular weight is 445 g/mol. The lowest BCUT2D eigenvalue weighted by atomic mass is 9.72. The molecule has 1 unspecified atom stereocenters. The van der Waals surface area contributed by atoms with Crippen molar-refractivity contribution in [1.29, 1.82) is 0 Å². The summed E-state index contributed by atoms with van der Waals surface area (Å²) in [6.45, 7) is -2.64. The molecule has 10 heteroatoms. The van der Waals surface area contributed by atoms with E-state index in [4.69, 9.17) is 11.6 Å². The molecule has 3 aromatic rings. The van der Waals surface area contributed by atoms with E-state index in [2.05, 4.69) is 20.5 Å². The molecule has 2 amide bonds. The number of ether oxygens (including phenoxy) is 1. The molecule has 7 nitrogen and oxygen atoms in total. The van der Waals surface area contributed by atoms with Gasteiger partial charge in [0.25, 0.3) is 0 Å². The Kier molecular flexibility index (Phi) is 4.44. The predicted molar refractivity (Wildman–Crippen MR) is 109 cm³/mol. The normalized spacial score (nSPS) is 19.2. The van der Waals surface area contributed by atoms with Crippen LogP contribution in [0.1, 0.15) is 23.1 Å². The maximum atomic E-state index is 13.1. The summed E-state index contributed by atoms with van der Waals surface area (Å²) in [6.07, 6.45) is 1.50. The number of fused-ring (bicyclic) bond motifs is 4. The average Bonchev–Trinajstić information content (AvgIpc) is 3.23. The highest BCUT2D eigenvalue weighted by atomic mass is 35.5. The van der Waals surface area contributed by atoms with E-state index in [1.807, 2.05) is 0 Å². The maximum absolute atomic E-state index is 13.1. The van der Waals surface area contributed by atoms with Crippen LogP contribution in [0, 0.1) is 0 Å². The highest BCUT2D eigenvalue weighted by Gasteiger charge is 2.54. The number of anilines is 2. The quantitative estimate of drug-likeness (QED) is 0.641. The number of hydrogen-bond donors (Lipinski definition) is 2. The Labute approximate surface area is 180 Å². The largest absolute Gasteiger partial charge is 0.435 e. The molecule has 0 fully saturated rings. The lowest BCUT2D eigenvalue weighted by Crippen LogP contribution is -2.43. The van der Waals surface area contributed by atoms with Crippen LogP contribution in [-0.4, -0.2) is 28.2 Å². The highest BCUT2D eigenvalue weighted by Crippen LogP contribution is 2.50. The fourth-order valence-corrected chi connectivity index (χ4v) is 4.36. The van der Waals surface area contributed by atoms with Gasteiger partial charge in [0.15, 0.2) is 0 Å². The van der Waals surface area contributed by atoms with Gasteiger partial charge in [0, 0.05) is 22.7 Å². The minimum atomic E-state index is -2.90. The molecule has 2 aromatic carbocycles. The molecule has 3 heterocycles. The third kappa shape index (κ3) is 3.12. The Balaban J connectivity index is 1.54. The number of rotatable bonds is 4. The summed E-state index contributed by atoms with van der Waals surface area (Å²) in [5.74, 6) is -0.177. The van der Waals surface area contributed by atoms with E-state index in [-0.39, 0.29) is 30.5 Å². The van der Waals surface area contributed by atoms with Crippen LogP contribution < -0.4 is 15.4 Å². The van der Waals surface area contributed by atoms with Gasteiger partial charge in [0.2, 0.25) is 11.8 Å². The van der Waals surface area contributed by atoms with Crippen LogP contribution in [-0.2, 0) is 21.5 Å². The SMILES string of the molecule is O=C1CC2(C(=O)Nc3ccc(Cl)cc32)c2cnn(Cc3ccc(OC(F)F)cc3)c2N1. The second-order valence-electron chi connectivity index (χ2n) is 7.36. The number of benzene rings is 2. The van der Waals surface area contributed by atoms with Crippen molar-refractivity contribution in [3.05, 3.63) is 70.4 Å². The van der Waals surface area contributed by atoms with Gasteiger partial charge in [-0.2, -0.15) is 13.9 Å². The Morgan fingerprint density at radius 1 is 1.13 bits per heavy atom. The summed E-state index contributed by atoms with van der Waals surface area (Å²) in [5.41, 5.74) is 1.35. The summed E-state index contributed by atoms with van der Waals surface area (Å²) in [4.78, 5) is 25.7. The standard InChI is InChI=1S/C21H15ClF2N4O3/c22-12-3-6-16-14(7-12)21(19(30)26-16)8-17(29)27-18-15(21)9-25-28(18)10-11-1-4-13(5-2-11)31-20(23)24/h1-7,9,20H,8,10H2,(H,26,30)(H,27,29). The zero-order chi connectivity index (χ0) is 21.8. The smallest absolute Gasteiger partial charge is 0.387 e. The first-order chi connectivity index (χ1) is 14.9. The van der Waals surface area contributed by atoms with E-state index in [1.54, 1.807) is 41.2 Å². The second-order valence-corrected chi connectivity index (χ2v) is 7.80. The first kappa shape index (κ1) is 19.5. The van der Waals surface area contributed by atoms with Gasteiger partial charge < -0.3 is 15.4 Å². The first-order valence-corrected chi connectivity index (χ1v) is 9.76.